The highest BCUT2D eigenvalue weighted by Crippen LogP contribution is 2.47. The van der Waals surface area contributed by atoms with E-state index in [9.17, 15) is 22.7 Å². The van der Waals surface area contributed by atoms with Gasteiger partial charge in [0.1, 0.15) is 28.6 Å². The predicted molar refractivity (Wildman–Crippen MR) is 207 cm³/mol. The fraction of sp³-hybridized carbons (Fsp3) is 0.585. The molecule has 0 unspecified atom stereocenters. The molecule has 1 aliphatic carbocycles. The number of rotatable bonds is 7. The fourth-order valence-electron chi connectivity index (χ4n) is 8.02. The molecule has 3 aliphatic heterocycles. The number of phenolic OH excluding ortho intramolecular Hbond substituents is 1. The maximum atomic E-state index is 17.0. The number of aryl methyl sites for hydroxylation is 2. The van der Waals surface area contributed by atoms with Crippen LogP contribution >= 0.6 is 0 Å². The van der Waals surface area contributed by atoms with Crippen LogP contribution in [0.3, 0.4) is 0 Å². The molecular formula is C41H55F5N6O3. The summed E-state index contributed by atoms with van der Waals surface area (Å²) in [4.78, 5) is 18.8. The topological polar surface area (TPSA) is 95.9 Å². The Kier molecular flexibility index (Phi) is 13.5. The highest BCUT2D eigenvalue weighted by Gasteiger charge is 2.46. The molecule has 3 fully saturated rings. The monoisotopic (exact) mass is 774 g/mol. The number of pyridine rings is 1. The first-order chi connectivity index (χ1) is 26.0. The fourth-order valence-corrected chi connectivity index (χ4v) is 8.02. The minimum absolute atomic E-state index is 0. The van der Waals surface area contributed by atoms with Crippen LogP contribution in [0.5, 0.6) is 11.8 Å². The second kappa shape index (κ2) is 17.5. The van der Waals surface area contributed by atoms with Crippen molar-refractivity contribution in [3.05, 3.63) is 47.2 Å². The number of benzene rings is 2. The summed E-state index contributed by atoms with van der Waals surface area (Å²) in [5, 5.41) is 15.7. The molecule has 0 amide bonds. The highest BCUT2D eigenvalue weighted by molar-refractivity contribution is 6.02. The van der Waals surface area contributed by atoms with E-state index in [2.05, 4.69) is 24.8 Å². The van der Waals surface area contributed by atoms with Gasteiger partial charge in [-0.15, -0.1) is 13.2 Å². The van der Waals surface area contributed by atoms with Crippen LogP contribution in [-0.2, 0) is 11.2 Å². The van der Waals surface area contributed by atoms with Gasteiger partial charge in [-0.3, -0.25) is 4.74 Å². The third-order valence-electron chi connectivity index (χ3n) is 10.8. The lowest BCUT2D eigenvalue weighted by Crippen LogP contribution is -2.52. The predicted octanol–water partition coefficient (Wildman–Crippen LogP) is 9.10. The van der Waals surface area contributed by atoms with Gasteiger partial charge < -0.3 is 25.0 Å². The molecular weight excluding hydrogens is 719 g/mol. The number of alkyl halides is 3. The number of nitrogens with zero attached hydrogens (tertiary/aromatic N) is 5. The van der Waals surface area contributed by atoms with Crippen molar-refractivity contribution in [1.82, 2.24) is 25.2 Å². The van der Waals surface area contributed by atoms with Crippen molar-refractivity contribution in [1.29, 1.82) is 0 Å². The molecule has 302 valence electrons. The number of hydrogen-bond acceptors (Lipinski definition) is 9. The van der Waals surface area contributed by atoms with Crippen molar-refractivity contribution >= 4 is 27.5 Å². The SMILES string of the molecule is C.CC.CC.Cc1c(F)ccc2cc(O)cc(-c3nc4c5c(nc(OCC6(CN7CCC(OC(F)(F)F)CC7)CC6)nc5c3F)N3CCNC[C@H]3CCC4)c12. The van der Waals surface area contributed by atoms with Gasteiger partial charge in [-0.2, -0.15) is 9.97 Å². The number of phenols is 1. The van der Waals surface area contributed by atoms with Gasteiger partial charge in [-0.25, -0.2) is 13.8 Å². The summed E-state index contributed by atoms with van der Waals surface area (Å²) in [7, 11) is 0. The van der Waals surface area contributed by atoms with E-state index in [-0.39, 0.29) is 54.0 Å². The lowest BCUT2D eigenvalue weighted by atomic mass is 9.94. The van der Waals surface area contributed by atoms with Gasteiger partial charge in [0.25, 0.3) is 0 Å². The standard InChI is InChI=1S/C36H39F5N6O3.2C2H6.CH4/c1-20-26(37)6-5-21-15-23(48)16-25(28(20)21)31-30(38)32-29-27(43-31)4-2-3-22-17-42-11-14-47(22)33(29)45-34(44-32)49-19-35(9-10-35)18-46-12-7-24(8-13-46)50-36(39,40)41;2*1-2;/h5-6,15-16,22,24,42,48H,2-4,7-14,17-19H2,1H3;2*1-2H3;1H4/t22-;;;/m1.../s1. The molecule has 2 N–H and O–H groups in total. The molecule has 1 atom stereocenters. The summed E-state index contributed by atoms with van der Waals surface area (Å²) >= 11 is 0. The number of likely N-dealkylation sites (tertiary alicyclic amines) is 1. The summed E-state index contributed by atoms with van der Waals surface area (Å²) < 4.78 is 80.6. The van der Waals surface area contributed by atoms with E-state index in [4.69, 9.17) is 14.7 Å². The molecule has 2 saturated heterocycles. The number of aromatic nitrogens is 3. The summed E-state index contributed by atoms with van der Waals surface area (Å²) in [6.45, 7) is 13.7. The number of halogens is 5. The minimum Gasteiger partial charge on any atom is -0.508 e. The van der Waals surface area contributed by atoms with E-state index in [1.807, 2.05) is 27.7 Å². The van der Waals surface area contributed by atoms with Gasteiger partial charge in [0.15, 0.2) is 5.82 Å². The molecule has 2 aromatic heterocycles. The Labute approximate surface area is 320 Å². The number of ether oxygens (including phenoxy) is 2. The van der Waals surface area contributed by atoms with Gasteiger partial charge in [0.2, 0.25) is 0 Å². The molecule has 2 aromatic carbocycles. The largest absolute Gasteiger partial charge is 0.522 e. The molecule has 0 bridgehead atoms. The average molecular weight is 775 g/mol. The van der Waals surface area contributed by atoms with Crippen molar-refractivity contribution in [3.8, 4) is 23.0 Å². The Hall–Kier alpha value is -3.88. The van der Waals surface area contributed by atoms with Crippen molar-refractivity contribution in [2.24, 2.45) is 5.41 Å². The second-order valence-electron chi connectivity index (χ2n) is 14.3. The quantitative estimate of drug-likeness (QED) is 0.178. The molecule has 0 radical (unpaired) electrons. The van der Waals surface area contributed by atoms with Crippen molar-refractivity contribution in [2.75, 3.05) is 50.8 Å². The molecule has 4 aliphatic rings. The summed E-state index contributed by atoms with van der Waals surface area (Å²) in [6, 6.07) is 6.01. The number of hydrogen-bond donors (Lipinski definition) is 2. The lowest BCUT2D eigenvalue weighted by molar-refractivity contribution is -0.345. The van der Waals surface area contributed by atoms with E-state index < -0.39 is 24.1 Å². The zero-order chi connectivity index (χ0) is 38.8. The number of fused-ring (bicyclic) bond motifs is 3. The number of piperazine rings is 1. The second-order valence-corrected chi connectivity index (χ2v) is 14.3. The number of aromatic hydroxyl groups is 1. The number of nitrogens with one attached hydrogen (secondary N) is 1. The van der Waals surface area contributed by atoms with E-state index >= 15 is 4.39 Å². The third kappa shape index (κ3) is 9.07. The average Bonchev–Trinajstić information content (AvgIpc) is 3.93. The first-order valence-corrected chi connectivity index (χ1v) is 19.4. The van der Waals surface area contributed by atoms with Crippen molar-refractivity contribution < 1.29 is 36.5 Å². The first-order valence-electron chi connectivity index (χ1n) is 19.4. The normalized spacial score (nSPS) is 19.5. The molecule has 14 heteroatoms. The Morgan fingerprint density at radius 3 is 2.38 bits per heavy atom. The summed E-state index contributed by atoms with van der Waals surface area (Å²) in [6.07, 6.45) is -0.842. The van der Waals surface area contributed by atoms with Crippen molar-refractivity contribution in [3.63, 3.8) is 0 Å². The van der Waals surface area contributed by atoms with Gasteiger partial charge in [0, 0.05) is 56.3 Å². The zero-order valence-electron chi connectivity index (χ0n) is 31.8. The molecule has 9 nitrogen and oxygen atoms in total. The summed E-state index contributed by atoms with van der Waals surface area (Å²) in [5.74, 6) is -0.669. The van der Waals surface area contributed by atoms with E-state index in [1.165, 1.54) is 18.2 Å². The third-order valence-corrected chi connectivity index (χ3v) is 10.8. The molecule has 4 aromatic rings. The van der Waals surface area contributed by atoms with Crippen LogP contribution in [-0.4, -0.2) is 89.3 Å². The lowest BCUT2D eigenvalue weighted by Gasteiger charge is -2.39. The zero-order valence-corrected chi connectivity index (χ0v) is 31.8. The van der Waals surface area contributed by atoms with Crippen LogP contribution in [0.4, 0.5) is 27.8 Å². The van der Waals surface area contributed by atoms with Crippen LogP contribution in [0.2, 0.25) is 0 Å². The van der Waals surface area contributed by atoms with E-state index in [0.29, 0.717) is 78.7 Å². The Bertz CT molecular complexity index is 1950. The van der Waals surface area contributed by atoms with Gasteiger partial charge in [0.05, 0.1) is 23.8 Å². The van der Waals surface area contributed by atoms with Gasteiger partial charge in [-0.05, 0) is 86.4 Å². The van der Waals surface area contributed by atoms with Crippen LogP contribution in [0.15, 0.2) is 24.3 Å². The van der Waals surface area contributed by atoms with E-state index in [1.54, 1.807) is 13.0 Å². The molecule has 5 heterocycles. The molecule has 0 spiro atoms. The van der Waals surface area contributed by atoms with Gasteiger partial charge >= 0.3 is 12.4 Å². The van der Waals surface area contributed by atoms with Crippen LogP contribution in [0, 0.1) is 24.0 Å². The number of piperidine rings is 1. The van der Waals surface area contributed by atoms with Crippen molar-refractivity contribution in [2.45, 2.75) is 105 Å². The minimum atomic E-state index is -4.63. The molecule has 1 saturated carbocycles. The maximum Gasteiger partial charge on any atom is 0.522 e. The number of anilines is 1. The van der Waals surface area contributed by atoms with Gasteiger partial charge in [-0.1, -0.05) is 41.2 Å². The molecule has 8 rings (SSSR count). The Morgan fingerprint density at radius 1 is 0.964 bits per heavy atom. The summed E-state index contributed by atoms with van der Waals surface area (Å²) in [5.41, 5.74) is 1.08. The molecule has 55 heavy (non-hydrogen) atoms. The maximum absolute atomic E-state index is 17.0. The van der Waals surface area contributed by atoms with E-state index in [0.717, 1.165) is 38.8 Å². The Balaban J connectivity index is 0.00000112. The first kappa shape index (κ1) is 42.3. The van der Waals surface area contributed by atoms with Crippen LogP contribution < -0.4 is 15.0 Å². The highest BCUT2D eigenvalue weighted by atomic mass is 19.4. The Morgan fingerprint density at radius 2 is 1.69 bits per heavy atom. The van der Waals surface area contributed by atoms with Crippen LogP contribution in [0.1, 0.15) is 84.9 Å². The van der Waals surface area contributed by atoms with Crippen LogP contribution in [0.25, 0.3) is 32.9 Å². The smallest absolute Gasteiger partial charge is 0.508 e.